The summed E-state index contributed by atoms with van der Waals surface area (Å²) in [5, 5.41) is 2.50. The zero-order chi connectivity index (χ0) is 19.5. The second-order valence-corrected chi connectivity index (χ2v) is 6.56. The van der Waals surface area contributed by atoms with Gasteiger partial charge in [0, 0.05) is 37.9 Å². The molecule has 2 N–H and O–H groups in total. The summed E-state index contributed by atoms with van der Waals surface area (Å²) >= 11 is 0. The Morgan fingerprint density at radius 3 is 2.61 bits per heavy atom. The third-order valence-corrected chi connectivity index (χ3v) is 4.79. The number of nitrogens with zero attached hydrogens (tertiary/aromatic N) is 3. The molecule has 0 unspecified atom stereocenters. The van der Waals surface area contributed by atoms with Crippen molar-refractivity contribution in [1.82, 2.24) is 9.97 Å². The van der Waals surface area contributed by atoms with Crippen LogP contribution in [0.3, 0.4) is 0 Å². The Hall–Kier alpha value is -3.29. The second kappa shape index (κ2) is 7.75. The van der Waals surface area contributed by atoms with Crippen LogP contribution < -0.4 is 15.1 Å². The Kier molecular flexibility index (Phi) is 5.01. The number of amides is 1. The fraction of sp³-hybridized carbons (Fsp3) is 0.300. The zero-order valence-corrected chi connectivity index (χ0v) is 15.6. The van der Waals surface area contributed by atoms with Crippen LogP contribution in [0.15, 0.2) is 42.5 Å². The molecule has 1 fully saturated rings. The predicted molar refractivity (Wildman–Crippen MR) is 108 cm³/mol. The van der Waals surface area contributed by atoms with Gasteiger partial charge in [-0.15, -0.1) is 0 Å². The molecule has 0 saturated carbocycles. The third-order valence-electron chi connectivity index (χ3n) is 4.79. The summed E-state index contributed by atoms with van der Waals surface area (Å²) in [6.45, 7) is 5.05. The van der Waals surface area contributed by atoms with Crippen LogP contribution in [0.4, 0.5) is 26.5 Å². The lowest BCUT2D eigenvalue weighted by Crippen LogP contribution is -2.46. The molecule has 0 atom stereocenters. The summed E-state index contributed by atoms with van der Waals surface area (Å²) in [5.41, 5.74) is 2.82. The Balaban J connectivity index is 1.49. The lowest BCUT2D eigenvalue weighted by Gasteiger charge is -2.37. The molecule has 0 aliphatic carbocycles. The standard InChI is InChI=1S/C20H22FN5O2/c1-2-28-20(27)24-19-22-16-12-15(21)18(13-17(16)23-19)26-10-8-25(9-11-26)14-6-4-3-5-7-14/h3-7,12-13H,2,8-11H2,1H3,(H2,22,23,24,27). The molecule has 0 radical (unpaired) electrons. The van der Waals surface area contributed by atoms with Crippen LogP contribution in [-0.4, -0.2) is 48.8 Å². The van der Waals surface area contributed by atoms with Crippen LogP contribution in [0.5, 0.6) is 0 Å². The highest BCUT2D eigenvalue weighted by molar-refractivity contribution is 5.87. The molecule has 28 heavy (non-hydrogen) atoms. The van der Waals surface area contributed by atoms with Gasteiger partial charge >= 0.3 is 6.09 Å². The summed E-state index contributed by atoms with van der Waals surface area (Å²) in [6.07, 6.45) is -0.598. The van der Waals surface area contributed by atoms with E-state index in [9.17, 15) is 9.18 Å². The van der Waals surface area contributed by atoms with Crippen LogP contribution in [-0.2, 0) is 4.74 Å². The van der Waals surface area contributed by atoms with Gasteiger partial charge in [-0.3, -0.25) is 5.32 Å². The van der Waals surface area contributed by atoms with Crippen LogP contribution in [0.2, 0.25) is 0 Å². The predicted octanol–water partition coefficient (Wildman–Crippen LogP) is 3.60. The van der Waals surface area contributed by atoms with E-state index in [1.165, 1.54) is 11.8 Å². The van der Waals surface area contributed by atoms with Crippen LogP contribution in [0, 0.1) is 5.82 Å². The van der Waals surface area contributed by atoms with E-state index in [0.717, 1.165) is 26.2 Å². The lowest BCUT2D eigenvalue weighted by molar-refractivity contribution is 0.167. The Morgan fingerprint density at radius 2 is 1.89 bits per heavy atom. The van der Waals surface area contributed by atoms with Crippen molar-refractivity contribution in [3.8, 4) is 0 Å². The number of carbonyl (C=O) groups is 1. The second-order valence-electron chi connectivity index (χ2n) is 6.56. The summed E-state index contributed by atoms with van der Waals surface area (Å²) in [7, 11) is 0. The number of rotatable bonds is 4. The number of fused-ring (bicyclic) bond motifs is 1. The normalized spacial score (nSPS) is 14.4. The summed E-state index contributed by atoms with van der Waals surface area (Å²) < 4.78 is 19.5. The smallest absolute Gasteiger partial charge is 0.413 e. The number of benzene rings is 2. The number of carbonyl (C=O) groups excluding carboxylic acids is 1. The van der Waals surface area contributed by atoms with Crippen LogP contribution >= 0.6 is 0 Å². The van der Waals surface area contributed by atoms with E-state index in [-0.39, 0.29) is 18.4 Å². The molecule has 3 aromatic rings. The third kappa shape index (κ3) is 3.71. The van der Waals surface area contributed by atoms with Crippen molar-refractivity contribution >= 4 is 34.4 Å². The number of halogens is 1. The Morgan fingerprint density at radius 1 is 1.18 bits per heavy atom. The van der Waals surface area contributed by atoms with Gasteiger partial charge < -0.3 is 19.5 Å². The molecule has 7 nitrogen and oxygen atoms in total. The maximum Gasteiger partial charge on any atom is 0.413 e. The first-order chi connectivity index (χ1) is 13.6. The molecule has 8 heteroatoms. The Labute approximate surface area is 162 Å². The van der Waals surface area contributed by atoms with Crippen molar-refractivity contribution in [3.63, 3.8) is 0 Å². The van der Waals surface area contributed by atoms with Crippen LogP contribution in [0.25, 0.3) is 11.0 Å². The maximum absolute atomic E-state index is 14.7. The number of piperazine rings is 1. The molecule has 146 valence electrons. The molecular formula is C20H22FN5O2. The van der Waals surface area contributed by atoms with Crippen molar-refractivity contribution in [3.05, 3.63) is 48.3 Å². The van der Waals surface area contributed by atoms with Gasteiger partial charge in [0.25, 0.3) is 0 Å². The minimum Gasteiger partial charge on any atom is -0.450 e. The van der Waals surface area contributed by atoms with Crippen molar-refractivity contribution < 1.29 is 13.9 Å². The number of para-hydroxylation sites is 1. The van der Waals surface area contributed by atoms with Gasteiger partial charge in [-0.05, 0) is 25.1 Å². The molecule has 1 aromatic heterocycles. The average Bonchev–Trinajstić information content (AvgIpc) is 3.09. The number of nitrogens with one attached hydrogen (secondary N) is 2. The fourth-order valence-corrected chi connectivity index (χ4v) is 3.43. The van der Waals surface area contributed by atoms with Crippen molar-refractivity contribution in [1.29, 1.82) is 0 Å². The van der Waals surface area contributed by atoms with Gasteiger partial charge in [0.05, 0.1) is 23.3 Å². The van der Waals surface area contributed by atoms with E-state index in [1.54, 1.807) is 13.0 Å². The first kappa shape index (κ1) is 18.1. The van der Waals surface area contributed by atoms with E-state index >= 15 is 0 Å². The number of ether oxygens (including phenoxy) is 1. The monoisotopic (exact) mass is 383 g/mol. The van der Waals surface area contributed by atoms with Crippen molar-refractivity contribution in [2.24, 2.45) is 0 Å². The molecule has 2 aromatic carbocycles. The van der Waals surface area contributed by atoms with Gasteiger partial charge in [0.2, 0.25) is 5.95 Å². The molecule has 1 amide bonds. The van der Waals surface area contributed by atoms with Gasteiger partial charge in [-0.25, -0.2) is 14.2 Å². The molecule has 1 saturated heterocycles. The minimum absolute atomic E-state index is 0.235. The molecule has 0 bridgehead atoms. The number of hydrogen-bond acceptors (Lipinski definition) is 5. The van der Waals surface area contributed by atoms with Crippen LogP contribution in [0.1, 0.15) is 6.92 Å². The number of imidazole rings is 1. The number of aromatic nitrogens is 2. The quantitative estimate of drug-likeness (QED) is 0.720. The van der Waals surface area contributed by atoms with E-state index in [2.05, 4.69) is 32.3 Å². The fourth-order valence-electron chi connectivity index (χ4n) is 3.43. The Bertz CT molecular complexity index is 967. The van der Waals surface area contributed by atoms with E-state index < -0.39 is 6.09 Å². The van der Waals surface area contributed by atoms with Gasteiger partial charge in [0.15, 0.2) is 0 Å². The molecule has 1 aliphatic heterocycles. The topological polar surface area (TPSA) is 73.5 Å². The maximum atomic E-state index is 14.7. The van der Waals surface area contributed by atoms with Crippen molar-refractivity contribution in [2.75, 3.05) is 47.9 Å². The molecule has 1 aliphatic rings. The van der Waals surface area contributed by atoms with E-state index in [4.69, 9.17) is 4.74 Å². The first-order valence-electron chi connectivity index (χ1n) is 9.32. The zero-order valence-electron chi connectivity index (χ0n) is 15.6. The van der Waals surface area contributed by atoms with E-state index in [0.29, 0.717) is 16.7 Å². The molecule has 0 spiro atoms. The SMILES string of the molecule is CCOC(=O)Nc1nc2cc(N3CCN(c4ccccc4)CC3)c(F)cc2[nH]1. The molecule has 4 rings (SSSR count). The van der Waals surface area contributed by atoms with Gasteiger partial charge in [0.1, 0.15) is 5.82 Å². The van der Waals surface area contributed by atoms with E-state index in [1.807, 2.05) is 23.1 Å². The highest BCUT2D eigenvalue weighted by atomic mass is 19.1. The molecular weight excluding hydrogens is 361 g/mol. The molecule has 2 heterocycles. The highest BCUT2D eigenvalue weighted by Gasteiger charge is 2.21. The lowest BCUT2D eigenvalue weighted by atomic mass is 10.2. The number of anilines is 3. The van der Waals surface area contributed by atoms with Crippen molar-refractivity contribution in [2.45, 2.75) is 6.92 Å². The summed E-state index contributed by atoms with van der Waals surface area (Å²) in [4.78, 5) is 23.1. The summed E-state index contributed by atoms with van der Waals surface area (Å²) in [5.74, 6) is -0.0779. The number of hydrogen-bond donors (Lipinski definition) is 2. The minimum atomic E-state index is -0.598. The number of H-pyrrole nitrogens is 1. The first-order valence-corrected chi connectivity index (χ1v) is 9.32. The van der Waals surface area contributed by atoms with Gasteiger partial charge in [-0.1, -0.05) is 18.2 Å². The average molecular weight is 383 g/mol. The highest BCUT2D eigenvalue weighted by Crippen LogP contribution is 2.27. The largest absolute Gasteiger partial charge is 0.450 e. The summed E-state index contributed by atoms with van der Waals surface area (Å²) in [6, 6.07) is 13.4. The number of aromatic amines is 1. The van der Waals surface area contributed by atoms with Gasteiger partial charge in [-0.2, -0.15) is 0 Å².